The van der Waals surface area contributed by atoms with E-state index in [0.717, 1.165) is 0 Å². The number of amides is 2. The Labute approximate surface area is 285 Å². The Bertz CT molecular complexity index is 1710. The van der Waals surface area contributed by atoms with Crippen LogP contribution in [0.3, 0.4) is 0 Å². The molecule has 1 N–H and O–H groups in total. The lowest BCUT2D eigenvalue weighted by Crippen LogP contribution is -2.40. The van der Waals surface area contributed by atoms with Crippen molar-refractivity contribution in [2.45, 2.75) is 98.7 Å². The summed E-state index contributed by atoms with van der Waals surface area (Å²) in [7, 11) is 0. The van der Waals surface area contributed by atoms with Crippen LogP contribution in [0.15, 0.2) is 34.7 Å². The van der Waals surface area contributed by atoms with E-state index in [4.69, 9.17) is 23.4 Å². The molecular weight excluding hydrogens is 636 g/mol. The van der Waals surface area contributed by atoms with Crippen LogP contribution < -0.4 is 14.8 Å². The van der Waals surface area contributed by atoms with Gasteiger partial charge in [0.05, 0.1) is 11.9 Å². The normalized spacial score (nSPS) is 11.6. The monoisotopic (exact) mass is 682 g/mol. The summed E-state index contributed by atoms with van der Waals surface area (Å²) in [6.07, 6.45) is -0.180. The number of unbranched alkanes of at least 4 members (excludes halogenated alkanes) is 1. The highest BCUT2D eigenvalue weighted by atomic mass is 16.6. The van der Waals surface area contributed by atoms with Crippen LogP contribution in [0.25, 0.3) is 21.7 Å². The summed E-state index contributed by atoms with van der Waals surface area (Å²) >= 11 is 0. The van der Waals surface area contributed by atoms with Crippen molar-refractivity contribution in [1.29, 1.82) is 0 Å². The molecule has 0 aliphatic heterocycles. The molecule has 0 aliphatic carbocycles. The second-order valence-corrected chi connectivity index (χ2v) is 13.7. The number of hydrogen-bond donors (Lipinski definition) is 1. The molecule has 0 spiro atoms. The maximum Gasteiger partial charge on any atom is 0.412 e. The minimum absolute atomic E-state index is 0.0291. The fraction of sp³-hybridized carbons (Fsp3) is 0.500. The van der Waals surface area contributed by atoms with E-state index < -0.39 is 35.1 Å². The third-order valence-corrected chi connectivity index (χ3v) is 6.73. The zero-order valence-electron chi connectivity index (χ0n) is 29.5. The Morgan fingerprint density at radius 3 is 1.96 bits per heavy atom. The van der Waals surface area contributed by atoms with Gasteiger partial charge >= 0.3 is 24.1 Å². The number of carbonyl (C=O) groups excluding carboxylic acids is 6. The molecule has 49 heavy (non-hydrogen) atoms. The van der Waals surface area contributed by atoms with Crippen LogP contribution in [-0.2, 0) is 23.9 Å². The number of nitrogens with one attached hydrogen (secondary N) is 1. The number of esters is 2. The van der Waals surface area contributed by atoms with Crippen molar-refractivity contribution in [3.8, 4) is 11.5 Å². The molecule has 13 heteroatoms. The number of fused-ring (bicyclic) bond motifs is 2. The van der Waals surface area contributed by atoms with Gasteiger partial charge in [0.15, 0.2) is 22.9 Å². The highest BCUT2D eigenvalue weighted by Crippen LogP contribution is 2.44. The molecule has 0 radical (unpaired) electrons. The molecule has 0 saturated heterocycles. The molecule has 0 bridgehead atoms. The molecule has 0 saturated carbocycles. The largest absolute Gasteiger partial charge is 0.460 e. The van der Waals surface area contributed by atoms with E-state index in [-0.39, 0.29) is 78.9 Å². The Kier molecular flexibility index (Phi) is 12.9. The number of rotatable bonds is 14. The number of ether oxygens (including phenoxy) is 4. The van der Waals surface area contributed by atoms with Crippen molar-refractivity contribution < 1.29 is 52.1 Å². The van der Waals surface area contributed by atoms with E-state index in [1.54, 1.807) is 65.8 Å². The van der Waals surface area contributed by atoms with Gasteiger partial charge in [-0.3, -0.25) is 19.2 Å². The van der Waals surface area contributed by atoms with Crippen molar-refractivity contribution in [3.63, 3.8) is 0 Å². The first-order valence-electron chi connectivity index (χ1n) is 16.2. The van der Waals surface area contributed by atoms with Crippen LogP contribution in [0.1, 0.15) is 98.0 Å². The summed E-state index contributed by atoms with van der Waals surface area (Å²) in [5.41, 5.74) is -1.30. The summed E-state index contributed by atoms with van der Waals surface area (Å²) in [6.45, 7) is 13.3. The first-order valence-corrected chi connectivity index (χ1v) is 16.2. The number of benzene rings is 2. The lowest BCUT2D eigenvalue weighted by Gasteiger charge is -2.26. The van der Waals surface area contributed by atoms with Crippen LogP contribution >= 0.6 is 0 Å². The van der Waals surface area contributed by atoms with Crippen LogP contribution in [0.5, 0.6) is 11.5 Å². The van der Waals surface area contributed by atoms with Gasteiger partial charge in [0.2, 0.25) is 0 Å². The fourth-order valence-corrected chi connectivity index (χ4v) is 4.78. The van der Waals surface area contributed by atoms with Gasteiger partial charge in [0.25, 0.3) is 0 Å². The number of Topliss-reactive ketones (excluding diaryl/α,β-unsaturated/α-hetero) is 2. The van der Waals surface area contributed by atoms with Crippen molar-refractivity contribution in [2.75, 3.05) is 19.6 Å². The quantitative estimate of drug-likeness (QED) is 0.0813. The average molecular weight is 683 g/mol. The van der Waals surface area contributed by atoms with E-state index in [0.29, 0.717) is 23.6 Å². The summed E-state index contributed by atoms with van der Waals surface area (Å²) in [5, 5.41) is 3.71. The zero-order chi connectivity index (χ0) is 36.5. The molecular formula is C36H46N2O11. The van der Waals surface area contributed by atoms with Crippen molar-refractivity contribution in [1.82, 2.24) is 10.2 Å². The molecule has 0 unspecified atom stereocenters. The second-order valence-electron chi connectivity index (χ2n) is 13.7. The smallest absolute Gasteiger partial charge is 0.412 e. The van der Waals surface area contributed by atoms with Crippen LogP contribution in [0.4, 0.5) is 9.59 Å². The number of furan rings is 1. The van der Waals surface area contributed by atoms with Gasteiger partial charge in [-0.15, -0.1) is 0 Å². The van der Waals surface area contributed by atoms with E-state index in [1.807, 2.05) is 0 Å². The Morgan fingerprint density at radius 1 is 0.755 bits per heavy atom. The molecule has 3 aromatic rings. The van der Waals surface area contributed by atoms with Crippen LogP contribution in [0, 0.1) is 0 Å². The minimum Gasteiger partial charge on any atom is -0.460 e. The fourth-order valence-electron chi connectivity index (χ4n) is 4.78. The molecule has 2 amide bonds. The molecule has 2 aromatic carbocycles. The summed E-state index contributed by atoms with van der Waals surface area (Å²) in [6, 6.07) is 8.18. The second kappa shape index (κ2) is 16.4. The summed E-state index contributed by atoms with van der Waals surface area (Å²) in [4.78, 5) is 75.9. The lowest BCUT2D eigenvalue weighted by molar-refractivity contribution is -0.155. The third-order valence-electron chi connectivity index (χ3n) is 6.73. The number of hydrogen-bond acceptors (Lipinski definition) is 11. The van der Waals surface area contributed by atoms with E-state index in [2.05, 4.69) is 5.32 Å². The molecule has 0 fully saturated rings. The van der Waals surface area contributed by atoms with Gasteiger partial charge in [-0.25, -0.2) is 9.59 Å². The number of nitrogens with zero attached hydrogens (tertiary/aromatic N) is 1. The van der Waals surface area contributed by atoms with Crippen molar-refractivity contribution >= 4 is 57.4 Å². The van der Waals surface area contributed by atoms with E-state index in [1.165, 1.54) is 24.8 Å². The predicted molar refractivity (Wildman–Crippen MR) is 181 cm³/mol. The van der Waals surface area contributed by atoms with Gasteiger partial charge < -0.3 is 33.6 Å². The summed E-state index contributed by atoms with van der Waals surface area (Å²) in [5.74, 6) is -1.49. The van der Waals surface area contributed by atoms with Gasteiger partial charge in [0.1, 0.15) is 22.7 Å². The molecule has 266 valence electrons. The summed E-state index contributed by atoms with van der Waals surface area (Å²) < 4.78 is 28.1. The highest BCUT2D eigenvalue weighted by Gasteiger charge is 2.26. The molecule has 1 heterocycles. The third kappa shape index (κ3) is 11.9. The Morgan fingerprint density at radius 2 is 1.37 bits per heavy atom. The van der Waals surface area contributed by atoms with Crippen LogP contribution in [-0.4, -0.2) is 71.4 Å². The first kappa shape index (κ1) is 38.5. The maximum absolute atomic E-state index is 13.1. The van der Waals surface area contributed by atoms with Crippen molar-refractivity contribution in [3.05, 3.63) is 36.1 Å². The van der Waals surface area contributed by atoms with Gasteiger partial charge in [-0.2, -0.15) is 0 Å². The van der Waals surface area contributed by atoms with Gasteiger partial charge in [0, 0.05) is 43.6 Å². The van der Waals surface area contributed by atoms with Crippen molar-refractivity contribution in [2.24, 2.45) is 0 Å². The minimum atomic E-state index is -0.783. The first-order chi connectivity index (χ1) is 22.8. The maximum atomic E-state index is 13.1. The lowest BCUT2D eigenvalue weighted by atomic mass is 10.0. The average Bonchev–Trinajstić information content (AvgIpc) is 3.42. The highest BCUT2D eigenvalue weighted by molar-refractivity contribution is 6.12. The Balaban J connectivity index is 1.78. The topological polar surface area (TPSA) is 168 Å². The molecule has 0 atom stereocenters. The Hall–Kier alpha value is -4.94. The zero-order valence-corrected chi connectivity index (χ0v) is 29.5. The number of ketones is 2. The molecule has 0 aliphatic rings. The molecule has 3 rings (SSSR count). The standard InChI is InChI=1S/C36H46N2O11/c1-22(39)21-38(34(44)49-36(6,7)8)19-13-17-28(41)46-30-24-14-9-10-15-25(24)31(32-26(30)20-27(45-32)23(2)40)47-33(43)37-18-12-11-16-29(42)48-35(3,4)5/h9-10,14-15,20H,11-13,16-19,21H2,1-8H3,(H,37,43). The van der Waals surface area contributed by atoms with E-state index in [9.17, 15) is 28.8 Å². The molecule has 1 aromatic heterocycles. The van der Waals surface area contributed by atoms with Gasteiger partial charge in [-0.05, 0) is 73.8 Å². The SMILES string of the molecule is CC(=O)CN(CCCC(=O)Oc1c2ccccc2c(OC(=O)NCCCCC(=O)OC(C)(C)C)c2oc(C(C)=O)cc12)C(=O)OC(C)(C)C. The van der Waals surface area contributed by atoms with Gasteiger partial charge in [-0.1, -0.05) is 24.3 Å². The molecule has 13 nitrogen and oxygen atoms in total. The predicted octanol–water partition coefficient (Wildman–Crippen LogP) is 6.90. The number of carbonyl (C=O) groups is 6. The van der Waals surface area contributed by atoms with Crippen LogP contribution in [0.2, 0.25) is 0 Å². The van der Waals surface area contributed by atoms with E-state index >= 15 is 0 Å².